The fourth-order valence-corrected chi connectivity index (χ4v) is 6.05. The highest BCUT2D eigenvalue weighted by Crippen LogP contribution is 2.47. The molecule has 3 aliphatic rings. The lowest BCUT2D eigenvalue weighted by Crippen LogP contribution is -2.69. The van der Waals surface area contributed by atoms with Crippen molar-refractivity contribution in [2.24, 2.45) is 5.73 Å². The Morgan fingerprint density at radius 3 is 1.25 bits per heavy atom. The molecule has 5 N–H and O–H groups in total. The van der Waals surface area contributed by atoms with E-state index in [4.69, 9.17) is 20.3 Å². The monoisotopic (exact) mass is 811 g/mol. The van der Waals surface area contributed by atoms with Crippen molar-refractivity contribution in [2.75, 3.05) is 28.2 Å². The third-order valence-corrected chi connectivity index (χ3v) is 8.56. The number of ether oxygens (including phenoxy) is 2. The Bertz CT molecular complexity index is 1650. The Hall–Kier alpha value is -4.78. The molecule has 2 aromatic carbocycles. The van der Waals surface area contributed by atoms with Gasteiger partial charge in [0.05, 0.1) is 0 Å². The van der Waals surface area contributed by atoms with Crippen LogP contribution in [0.1, 0.15) is 49.7 Å². The maximum Gasteiger partial charge on any atom is 0.408 e. The number of nitrogens with two attached hydrogens (primary N) is 1. The van der Waals surface area contributed by atoms with Crippen molar-refractivity contribution in [3.8, 4) is 0 Å². The molecule has 0 bridgehead atoms. The Morgan fingerprint density at radius 2 is 0.945 bits per heavy atom. The summed E-state index contributed by atoms with van der Waals surface area (Å²) in [5.41, 5.74) is 2.09. The largest absolute Gasteiger partial charge is 0.479 e. The van der Waals surface area contributed by atoms with Crippen molar-refractivity contribution < 1.29 is 64.9 Å². The van der Waals surface area contributed by atoms with Gasteiger partial charge < -0.3 is 40.7 Å². The molecule has 3 fully saturated rings. The number of carbonyl (C=O) groups excluding carboxylic acids is 4. The topological polar surface area (TPSA) is 181 Å². The third-order valence-electron chi connectivity index (χ3n) is 8.56. The molecule has 0 atom stereocenters. The van der Waals surface area contributed by atoms with Gasteiger partial charge in [-0.15, -0.1) is 12.4 Å². The zero-order chi connectivity index (χ0) is 40.8. The van der Waals surface area contributed by atoms with E-state index in [-0.39, 0.29) is 25.6 Å². The van der Waals surface area contributed by atoms with Crippen molar-refractivity contribution in [1.82, 2.24) is 20.4 Å². The van der Waals surface area contributed by atoms with E-state index in [0.717, 1.165) is 5.56 Å². The molecule has 0 saturated heterocycles. The van der Waals surface area contributed by atoms with E-state index in [1.54, 1.807) is 54.6 Å². The summed E-state index contributed by atoms with van der Waals surface area (Å²) in [5.74, 6) is -11.2. The molecule has 5 rings (SSSR count). The number of benzene rings is 2. The number of aliphatic carboxylic acids is 1. The summed E-state index contributed by atoms with van der Waals surface area (Å²) in [5, 5.41) is 13.3. The molecule has 13 nitrogen and oxygen atoms in total. The van der Waals surface area contributed by atoms with Crippen LogP contribution >= 0.6 is 12.4 Å². The second kappa shape index (κ2) is 17.8. The molecule has 2 aromatic rings. The van der Waals surface area contributed by atoms with Crippen LogP contribution in [0.15, 0.2) is 60.7 Å². The number of carboxylic acids is 1. The van der Waals surface area contributed by atoms with Crippen molar-refractivity contribution in [1.29, 1.82) is 0 Å². The first kappa shape index (κ1) is 46.4. The number of nitrogens with zero attached hydrogens (tertiary/aromatic N) is 2. The minimum atomic E-state index is -3.06. The summed E-state index contributed by atoms with van der Waals surface area (Å²) in [6, 6.07) is 17.7. The van der Waals surface area contributed by atoms with Gasteiger partial charge in [0.2, 0.25) is 11.8 Å². The van der Waals surface area contributed by atoms with Gasteiger partial charge in [0.15, 0.2) is 5.54 Å². The van der Waals surface area contributed by atoms with Crippen molar-refractivity contribution in [3.05, 3.63) is 71.8 Å². The molecule has 0 aromatic heterocycles. The second-order valence-electron chi connectivity index (χ2n) is 14.0. The van der Waals surface area contributed by atoms with E-state index in [9.17, 15) is 50.3 Å². The molecular formula is C35H44ClF6N5O8. The first-order valence-corrected chi connectivity index (χ1v) is 16.4. The highest BCUT2D eigenvalue weighted by Gasteiger charge is 2.63. The van der Waals surface area contributed by atoms with Crippen LogP contribution < -0.4 is 16.4 Å². The number of likely N-dealkylation sites (N-methyl/N-ethyl adjacent to an activating group) is 2. The van der Waals surface area contributed by atoms with E-state index in [1.807, 2.05) is 11.4 Å². The van der Waals surface area contributed by atoms with Gasteiger partial charge in [-0.1, -0.05) is 60.7 Å². The lowest BCUT2D eigenvalue weighted by Gasteiger charge is -2.46. The molecular weight excluding hydrogens is 768 g/mol. The van der Waals surface area contributed by atoms with E-state index in [0.29, 0.717) is 5.56 Å². The standard InChI is InChI=1S/C15H18F2N2O3.C13H13F2NO4.C7H12F2N2O.ClH/c1-19(2)12(20)14(9-15(16,17)10-14)18-13(21)22-8-11-6-4-3-5-7-11;14-13(15)7-12(8-13,10(17)18)16-11(19)20-6-9-4-2-1-3-5-9;1-11(2)5(12)6(10)3-7(8,9)4-6;/h3-7H,8-10H2,1-2H3,(H,18,21);1-5H,6-8H2,(H,16,19)(H,17,18);3-4,10H2,1-2H3;1H. The molecule has 0 spiro atoms. The van der Waals surface area contributed by atoms with E-state index < -0.39 is 103 Å². The van der Waals surface area contributed by atoms with Crippen LogP contribution in [0, 0.1) is 0 Å². The average molecular weight is 812 g/mol. The van der Waals surface area contributed by atoms with Gasteiger partial charge in [-0.05, 0) is 11.1 Å². The Labute approximate surface area is 319 Å². The number of hydrogen-bond acceptors (Lipinski definition) is 8. The fourth-order valence-electron chi connectivity index (χ4n) is 6.05. The molecule has 3 aliphatic carbocycles. The lowest BCUT2D eigenvalue weighted by molar-refractivity contribution is -0.176. The summed E-state index contributed by atoms with van der Waals surface area (Å²) >= 11 is 0. The smallest absolute Gasteiger partial charge is 0.408 e. The average Bonchev–Trinajstić information content (AvgIpc) is 3.04. The predicted molar refractivity (Wildman–Crippen MR) is 187 cm³/mol. The highest BCUT2D eigenvalue weighted by molar-refractivity contribution is 5.91. The maximum atomic E-state index is 13.2. The van der Waals surface area contributed by atoms with Gasteiger partial charge in [-0.25, -0.2) is 40.7 Å². The summed E-state index contributed by atoms with van der Waals surface area (Å²) in [7, 11) is 5.93. The predicted octanol–water partition coefficient (Wildman–Crippen LogP) is 4.96. The SMILES string of the molecule is CN(C)C(=O)C1(N)CC(F)(F)C1.CN(C)C(=O)C1(NC(=O)OCc2ccccc2)CC(F)(F)C1.Cl.O=C(NC1(C(=O)O)CC(F)(F)C1)OCc1ccccc1. The van der Waals surface area contributed by atoms with Gasteiger partial charge in [0, 0.05) is 66.7 Å². The quantitative estimate of drug-likeness (QED) is 0.255. The van der Waals surface area contributed by atoms with Crippen LogP contribution in [-0.4, -0.2) is 107 Å². The first-order valence-electron chi connectivity index (χ1n) is 16.4. The third kappa shape index (κ3) is 12.6. The second-order valence-corrected chi connectivity index (χ2v) is 14.0. The highest BCUT2D eigenvalue weighted by atomic mass is 35.5. The fraction of sp³-hybridized carbons (Fsp3) is 0.514. The molecule has 0 aliphatic heterocycles. The number of carbonyl (C=O) groups is 5. The summed E-state index contributed by atoms with van der Waals surface area (Å²) in [6.45, 7) is -0.0476. The zero-order valence-corrected chi connectivity index (χ0v) is 31.2. The van der Waals surface area contributed by atoms with Crippen LogP contribution in [0.4, 0.5) is 35.9 Å². The van der Waals surface area contributed by atoms with E-state index in [1.165, 1.54) is 38.0 Å². The number of hydrogen-bond donors (Lipinski definition) is 4. The first-order chi connectivity index (χ1) is 24.8. The molecule has 55 heavy (non-hydrogen) atoms. The molecule has 20 heteroatoms. The number of alkyl halides is 6. The van der Waals surface area contributed by atoms with Crippen molar-refractivity contribution >= 4 is 42.4 Å². The minimum absolute atomic E-state index is 0. The van der Waals surface area contributed by atoms with Gasteiger partial charge in [-0.3, -0.25) is 9.59 Å². The number of rotatable bonds is 9. The van der Waals surface area contributed by atoms with Gasteiger partial charge in [-0.2, -0.15) is 0 Å². The lowest BCUT2D eigenvalue weighted by atomic mass is 9.72. The van der Waals surface area contributed by atoms with Crippen LogP contribution in [0.3, 0.4) is 0 Å². The van der Waals surface area contributed by atoms with Gasteiger partial charge in [0.25, 0.3) is 17.8 Å². The summed E-state index contributed by atoms with van der Waals surface area (Å²) < 4.78 is 86.7. The zero-order valence-electron chi connectivity index (χ0n) is 30.4. The van der Waals surface area contributed by atoms with Crippen LogP contribution in [0.2, 0.25) is 0 Å². The van der Waals surface area contributed by atoms with Gasteiger partial charge in [0.1, 0.15) is 24.3 Å². The number of halogens is 7. The minimum Gasteiger partial charge on any atom is -0.479 e. The van der Waals surface area contributed by atoms with Crippen LogP contribution in [0.25, 0.3) is 0 Å². The summed E-state index contributed by atoms with van der Waals surface area (Å²) in [4.78, 5) is 60.0. The molecule has 4 amide bonds. The molecule has 3 saturated carbocycles. The van der Waals surface area contributed by atoms with Crippen molar-refractivity contribution in [3.63, 3.8) is 0 Å². The number of alkyl carbamates (subject to hydrolysis) is 2. The molecule has 0 radical (unpaired) electrons. The molecule has 306 valence electrons. The Morgan fingerprint density at radius 1 is 0.618 bits per heavy atom. The molecule has 0 heterocycles. The molecule has 0 unspecified atom stereocenters. The van der Waals surface area contributed by atoms with E-state index >= 15 is 0 Å². The van der Waals surface area contributed by atoms with Crippen LogP contribution in [-0.2, 0) is 37.1 Å². The normalized spacial score (nSPS) is 19.3. The van der Waals surface area contributed by atoms with Crippen molar-refractivity contribution in [2.45, 2.75) is 86.1 Å². The Kier molecular flexibility index (Phi) is 15.0. The van der Waals surface area contributed by atoms with E-state index in [2.05, 4.69) is 5.32 Å². The maximum absolute atomic E-state index is 13.2. The number of amides is 4. The number of nitrogens with one attached hydrogen (secondary N) is 2. The van der Waals surface area contributed by atoms with Crippen LogP contribution in [0.5, 0.6) is 0 Å². The van der Waals surface area contributed by atoms with Gasteiger partial charge >= 0.3 is 18.2 Å². The Balaban J connectivity index is 0.000000294. The number of carboxylic acid groups (broad SMARTS) is 1. The summed E-state index contributed by atoms with van der Waals surface area (Å²) in [6.07, 6.45) is -6.23.